The van der Waals surface area contributed by atoms with Crippen LogP contribution in [-0.2, 0) is 0 Å². The number of aliphatic hydroxyl groups is 1. The van der Waals surface area contributed by atoms with Gasteiger partial charge in [0.1, 0.15) is 6.61 Å². The smallest absolute Gasteiger partial charge is 0.161 e. The third-order valence-corrected chi connectivity index (χ3v) is 1.77. The van der Waals surface area contributed by atoms with Gasteiger partial charge in [0.2, 0.25) is 0 Å². The largest absolute Gasteiger partial charge is 0.486 e. The van der Waals surface area contributed by atoms with Gasteiger partial charge in [0.05, 0.1) is 6.61 Å². The lowest BCUT2D eigenvalue weighted by atomic mass is 10.3. The fourth-order valence-electron chi connectivity index (χ4n) is 1.15. The van der Waals surface area contributed by atoms with Crippen molar-refractivity contribution in [2.24, 2.45) is 0 Å². The molecule has 64 valence electrons. The molecule has 0 saturated heterocycles. The summed E-state index contributed by atoms with van der Waals surface area (Å²) in [4.78, 5) is 0. The maximum atomic E-state index is 8.81. The van der Waals surface area contributed by atoms with Crippen LogP contribution in [0.4, 0.5) is 0 Å². The van der Waals surface area contributed by atoms with E-state index in [0.717, 1.165) is 5.75 Å². The molecule has 3 nitrogen and oxygen atoms in total. The average Bonchev–Trinajstić information content (AvgIpc) is 2.17. The van der Waals surface area contributed by atoms with E-state index in [1.807, 2.05) is 24.3 Å². The molecule has 1 aliphatic rings. The first-order chi connectivity index (χ1) is 5.90. The molecule has 1 aromatic carbocycles. The maximum absolute atomic E-state index is 8.81. The second kappa shape index (κ2) is 3.03. The first kappa shape index (κ1) is 7.43. The molecule has 0 saturated carbocycles. The van der Waals surface area contributed by atoms with Crippen molar-refractivity contribution in [3.8, 4) is 11.5 Å². The van der Waals surface area contributed by atoms with Crippen LogP contribution < -0.4 is 9.47 Å². The summed E-state index contributed by atoms with van der Waals surface area (Å²) in [5, 5.41) is 8.81. The Labute approximate surface area is 70.5 Å². The highest BCUT2D eigenvalue weighted by molar-refractivity contribution is 5.40. The van der Waals surface area contributed by atoms with Crippen molar-refractivity contribution in [2.75, 3.05) is 13.2 Å². The number of ether oxygens (including phenoxy) is 2. The monoisotopic (exact) mass is 166 g/mol. The van der Waals surface area contributed by atoms with E-state index in [1.54, 1.807) is 0 Å². The fraction of sp³-hybridized carbons (Fsp3) is 0.333. The van der Waals surface area contributed by atoms with Crippen LogP contribution in [0.3, 0.4) is 0 Å². The van der Waals surface area contributed by atoms with Crippen molar-refractivity contribution in [2.45, 2.75) is 6.10 Å². The first-order valence-corrected chi connectivity index (χ1v) is 3.89. The predicted octanol–water partition coefficient (Wildman–Crippen LogP) is 0.819. The van der Waals surface area contributed by atoms with Gasteiger partial charge >= 0.3 is 0 Å². The summed E-state index contributed by atoms with van der Waals surface area (Å²) < 4.78 is 10.7. The van der Waals surface area contributed by atoms with Crippen LogP contribution in [-0.4, -0.2) is 24.4 Å². The SMILES string of the molecule is OC[C@H]1COc2ccccc2O1. The van der Waals surface area contributed by atoms with Crippen molar-refractivity contribution in [1.82, 2.24) is 0 Å². The van der Waals surface area contributed by atoms with Gasteiger partial charge in [-0.25, -0.2) is 0 Å². The number of benzene rings is 1. The van der Waals surface area contributed by atoms with Crippen LogP contribution in [0.25, 0.3) is 0 Å². The quantitative estimate of drug-likeness (QED) is 0.671. The van der Waals surface area contributed by atoms with Crippen LogP contribution in [0.5, 0.6) is 11.5 Å². The molecule has 0 aromatic heterocycles. The van der Waals surface area contributed by atoms with E-state index >= 15 is 0 Å². The van der Waals surface area contributed by atoms with Gasteiger partial charge in [-0.3, -0.25) is 0 Å². The Hall–Kier alpha value is -1.22. The van der Waals surface area contributed by atoms with Crippen molar-refractivity contribution >= 4 is 0 Å². The Morgan fingerprint density at radius 3 is 2.83 bits per heavy atom. The molecule has 0 spiro atoms. The van der Waals surface area contributed by atoms with Gasteiger partial charge in [-0.15, -0.1) is 0 Å². The summed E-state index contributed by atoms with van der Waals surface area (Å²) in [7, 11) is 0. The van der Waals surface area contributed by atoms with Gasteiger partial charge in [-0.2, -0.15) is 0 Å². The van der Waals surface area contributed by atoms with Gasteiger partial charge in [0.15, 0.2) is 17.6 Å². The number of para-hydroxylation sites is 2. The average molecular weight is 166 g/mol. The van der Waals surface area contributed by atoms with Gasteiger partial charge in [0.25, 0.3) is 0 Å². The topological polar surface area (TPSA) is 38.7 Å². The number of aliphatic hydroxyl groups excluding tert-OH is 1. The number of hydrogen-bond donors (Lipinski definition) is 1. The number of rotatable bonds is 1. The van der Waals surface area contributed by atoms with Crippen LogP contribution in [0.2, 0.25) is 0 Å². The van der Waals surface area contributed by atoms with E-state index < -0.39 is 0 Å². The Bertz CT molecular complexity index is 272. The lowest BCUT2D eigenvalue weighted by molar-refractivity contribution is 0.0456. The van der Waals surface area contributed by atoms with E-state index in [0.29, 0.717) is 12.4 Å². The predicted molar refractivity (Wildman–Crippen MR) is 43.4 cm³/mol. The second-order valence-corrected chi connectivity index (χ2v) is 2.68. The summed E-state index contributed by atoms with van der Waals surface area (Å²) in [6, 6.07) is 7.45. The van der Waals surface area contributed by atoms with Crippen molar-refractivity contribution in [1.29, 1.82) is 0 Å². The molecule has 1 N–H and O–H groups in total. The lowest BCUT2D eigenvalue weighted by Gasteiger charge is -2.24. The van der Waals surface area contributed by atoms with Crippen LogP contribution in [0, 0.1) is 0 Å². The van der Waals surface area contributed by atoms with Gasteiger partial charge in [0, 0.05) is 0 Å². The molecule has 0 amide bonds. The maximum Gasteiger partial charge on any atom is 0.161 e. The van der Waals surface area contributed by atoms with E-state index in [2.05, 4.69) is 0 Å². The van der Waals surface area contributed by atoms with E-state index in [4.69, 9.17) is 14.6 Å². The normalized spacial score (nSPS) is 20.6. The fourth-order valence-corrected chi connectivity index (χ4v) is 1.15. The number of hydrogen-bond acceptors (Lipinski definition) is 3. The third-order valence-electron chi connectivity index (χ3n) is 1.77. The molecule has 0 radical (unpaired) electrons. The van der Waals surface area contributed by atoms with E-state index in [1.165, 1.54) is 0 Å². The van der Waals surface area contributed by atoms with Gasteiger partial charge in [-0.1, -0.05) is 12.1 Å². The molecule has 1 aliphatic heterocycles. The molecular formula is C9H10O3. The Morgan fingerprint density at radius 2 is 2.08 bits per heavy atom. The standard InChI is InChI=1S/C9H10O3/c10-5-7-6-11-8-3-1-2-4-9(8)12-7/h1-4,7,10H,5-6H2/t7-/m0/s1. The molecule has 0 fully saturated rings. The summed E-state index contributed by atoms with van der Waals surface area (Å²) in [6.07, 6.45) is -0.222. The first-order valence-electron chi connectivity index (χ1n) is 3.89. The zero-order valence-electron chi connectivity index (χ0n) is 6.56. The van der Waals surface area contributed by atoms with E-state index in [9.17, 15) is 0 Å². The summed E-state index contributed by atoms with van der Waals surface area (Å²) in [5.41, 5.74) is 0. The van der Waals surface area contributed by atoms with Crippen molar-refractivity contribution < 1.29 is 14.6 Å². The highest BCUT2D eigenvalue weighted by Gasteiger charge is 2.18. The summed E-state index contributed by atoms with van der Waals surface area (Å²) in [5.74, 6) is 1.46. The molecule has 2 rings (SSSR count). The molecule has 1 atom stereocenters. The lowest BCUT2D eigenvalue weighted by Crippen LogP contribution is -2.32. The van der Waals surface area contributed by atoms with Crippen molar-refractivity contribution in [3.05, 3.63) is 24.3 Å². The Morgan fingerprint density at radius 1 is 1.33 bits per heavy atom. The Balaban J connectivity index is 2.23. The molecule has 0 bridgehead atoms. The van der Waals surface area contributed by atoms with Gasteiger partial charge in [-0.05, 0) is 12.1 Å². The van der Waals surface area contributed by atoms with Crippen molar-refractivity contribution in [3.63, 3.8) is 0 Å². The zero-order valence-corrected chi connectivity index (χ0v) is 6.56. The minimum Gasteiger partial charge on any atom is -0.486 e. The van der Waals surface area contributed by atoms with E-state index in [-0.39, 0.29) is 12.7 Å². The molecule has 3 heteroatoms. The number of fused-ring (bicyclic) bond motifs is 1. The minimum absolute atomic E-state index is 0.00562. The summed E-state index contributed by atoms with van der Waals surface area (Å²) >= 11 is 0. The van der Waals surface area contributed by atoms with Gasteiger partial charge < -0.3 is 14.6 Å². The molecule has 0 aliphatic carbocycles. The van der Waals surface area contributed by atoms with Crippen LogP contribution in [0.15, 0.2) is 24.3 Å². The molecule has 12 heavy (non-hydrogen) atoms. The molecule has 0 unspecified atom stereocenters. The highest BCUT2D eigenvalue weighted by atomic mass is 16.6. The van der Waals surface area contributed by atoms with Crippen LogP contribution in [0.1, 0.15) is 0 Å². The zero-order chi connectivity index (χ0) is 8.39. The Kier molecular flexibility index (Phi) is 1.87. The van der Waals surface area contributed by atoms with Crippen LogP contribution >= 0.6 is 0 Å². The highest BCUT2D eigenvalue weighted by Crippen LogP contribution is 2.30. The molecule has 1 heterocycles. The minimum atomic E-state index is -0.222. The molecule has 1 aromatic rings. The third kappa shape index (κ3) is 1.23. The molecular weight excluding hydrogens is 156 g/mol. The second-order valence-electron chi connectivity index (χ2n) is 2.68. The summed E-state index contributed by atoms with van der Waals surface area (Å²) in [6.45, 7) is 0.418.